The van der Waals surface area contributed by atoms with Gasteiger partial charge in [-0.1, -0.05) is 12.1 Å². The molecule has 1 unspecified atom stereocenters. The zero-order chi connectivity index (χ0) is 19.3. The Morgan fingerprint density at radius 2 is 1.62 bits per heavy atom. The van der Waals surface area contributed by atoms with Crippen molar-refractivity contribution in [2.24, 2.45) is 0 Å². The maximum atomic E-state index is 13.2. The van der Waals surface area contributed by atoms with E-state index in [1.807, 2.05) is 0 Å². The molecule has 1 amide bonds. The summed E-state index contributed by atoms with van der Waals surface area (Å²) in [5.74, 6) is -3.74. The fourth-order valence-corrected chi connectivity index (χ4v) is 2.15. The standard InChI is InChI=1S/C19H17F2NO4/c1-11(18(24)15-7-8-16(20)17(21)9-15)26-19(25)14-5-3-13(4-6-14)10-22-12(2)23/h3-9,11H,10H2,1-2H3,(H,22,23). The van der Waals surface area contributed by atoms with Crippen molar-refractivity contribution in [3.05, 3.63) is 70.8 Å². The number of carbonyl (C=O) groups is 3. The molecular weight excluding hydrogens is 344 g/mol. The Balaban J connectivity index is 2.00. The van der Waals surface area contributed by atoms with E-state index in [1.165, 1.54) is 26.0 Å². The molecule has 136 valence electrons. The lowest BCUT2D eigenvalue weighted by atomic mass is 10.1. The molecule has 2 aromatic carbocycles. The van der Waals surface area contributed by atoms with Crippen LogP contribution in [0.4, 0.5) is 8.78 Å². The highest BCUT2D eigenvalue weighted by Crippen LogP contribution is 2.14. The van der Waals surface area contributed by atoms with E-state index in [2.05, 4.69) is 5.32 Å². The second kappa shape index (κ2) is 8.33. The Labute approximate surface area is 149 Å². The van der Waals surface area contributed by atoms with Crippen LogP contribution in [0.25, 0.3) is 0 Å². The number of halogens is 2. The lowest BCUT2D eigenvalue weighted by Crippen LogP contribution is -2.24. The molecule has 5 nitrogen and oxygen atoms in total. The Morgan fingerprint density at radius 3 is 2.19 bits per heavy atom. The van der Waals surface area contributed by atoms with Gasteiger partial charge in [-0.2, -0.15) is 0 Å². The van der Waals surface area contributed by atoms with Crippen molar-refractivity contribution in [3.8, 4) is 0 Å². The Hall–Kier alpha value is -3.09. The van der Waals surface area contributed by atoms with Crippen molar-refractivity contribution in [3.63, 3.8) is 0 Å². The largest absolute Gasteiger partial charge is 0.451 e. The van der Waals surface area contributed by atoms with Gasteiger partial charge in [-0.25, -0.2) is 13.6 Å². The van der Waals surface area contributed by atoms with E-state index in [-0.39, 0.29) is 17.0 Å². The number of Topliss-reactive ketones (excluding diaryl/α,β-unsaturated/α-hetero) is 1. The highest BCUT2D eigenvalue weighted by Gasteiger charge is 2.21. The summed E-state index contributed by atoms with van der Waals surface area (Å²) in [6.45, 7) is 3.08. The summed E-state index contributed by atoms with van der Waals surface area (Å²) in [5, 5.41) is 2.63. The normalized spacial score (nSPS) is 11.5. The molecule has 2 rings (SSSR count). The summed E-state index contributed by atoms with van der Waals surface area (Å²) in [6, 6.07) is 9.04. The lowest BCUT2D eigenvalue weighted by molar-refractivity contribution is -0.119. The van der Waals surface area contributed by atoms with E-state index >= 15 is 0 Å². The molecule has 1 atom stereocenters. The monoisotopic (exact) mass is 361 g/mol. The molecule has 0 aromatic heterocycles. The minimum Gasteiger partial charge on any atom is -0.451 e. The van der Waals surface area contributed by atoms with E-state index in [0.29, 0.717) is 6.54 Å². The highest BCUT2D eigenvalue weighted by atomic mass is 19.2. The first-order chi connectivity index (χ1) is 12.3. The molecule has 0 spiro atoms. The number of rotatable bonds is 6. The van der Waals surface area contributed by atoms with E-state index < -0.39 is 29.5 Å². The quantitative estimate of drug-likeness (QED) is 0.634. The number of esters is 1. The van der Waals surface area contributed by atoms with Crippen LogP contribution in [0, 0.1) is 11.6 Å². The minimum atomic E-state index is -1.16. The first-order valence-electron chi connectivity index (χ1n) is 7.81. The highest BCUT2D eigenvalue weighted by molar-refractivity contribution is 6.01. The van der Waals surface area contributed by atoms with Gasteiger partial charge in [0, 0.05) is 19.0 Å². The van der Waals surface area contributed by atoms with Crippen molar-refractivity contribution in [2.45, 2.75) is 26.5 Å². The van der Waals surface area contributed by atoms with Crippen LogP contribution < -0.4 is 5.32 Å². The fraction of sp³-hybridized carbons (Fsp3) is 0.211. The number of ether oxygens (including phenoxy) is 1. The van der Waals surface area contributed by atoms with Crippen LogP contribution in [0.5, 0.6) is 0 Å². The molecule has 0 saturated heterocycles. The van der Waals surface area contributed by atoms with Gasteiger partial charge in [-0.05, 0) is 42.8 Å². The summed E-state index contributed by atoms with van der Waals surface area (Å²) in [6.07, 6.45) is -1.16. The van der Waals surface area contributed by atoms with Crippen molar-refractivity contribution in [1.82, 2.24) is 5.32 Å². The summed E-state index contributed by atoms with van der Waals surface area (Å²) in [5.41, 5.74) is 0.930. The van der Waals surface area contributed by atoms with E-state index in [4.69, 9.17) is 4.74 Å². The molecule has 0 aliphatic heterocycles. The third-order valence-corrected chi connectivity index (χ3v) is 3.59. The zero-order valence-electron chi connectivity index (χ0n) is 14.2. The fourth-order valence-electron chi connectivity index (χ4n) is 2.15. The van der Waals surface area contributed by atoms with E-state index in [0.717, 1.165) is 23.8 Å². The van der Waals surface area contributed by atoms with Crippen molar-refractivity contribution in [1.29, 1.82) is 0 Å². The molecule has 0 bridgehead atoms. The zero-order valence-corrected chi connectivity index (χ0v) is 14.2. The van der Waals surface area contributed by atoms with E-state index in [1.54, 1.807) is 12.1 Å². The molecule has 0 aliphatic carbocycles. The first-order valence-corrected chi connectivity index (χ1v) is 7.81. The molecule has 2 aromatic rings. The Morgan fingerprint density at radius 1 is 1.00 bits per heavy atom. The molecule has 0 saturated carbocycles. The summed E-state index contributed by atoms with van der Waals surface area (Å²) < 4.78 is 31.2. The second-order valence-corrected chi connectivity index (χ2v) is 5.65. The number of hydrogen-bond donors (Lipinski definition) is 1. The molecule has 26 heavy (non-hydrogen) atoms. The van der Waals surface area contributed by atoms with Crippen molar-refractivity contribution >= 4 is 17.7 Å². The first kappa shape index (κ1) is 19.2. The predicted molar refractivity (Wildman–Crippen MR) is 89.5 cm³/mol. The van der Waals surface area contributed by atoms with Gasteiger partial charge in [-0.15, -0.1) is 0 Å². The summed E-state index contributed by atoms with van der Waals surface area (Å²) >= 11 is 0. The SMILES string of the molecule is CC(=O)NCc1ccc(C(=O)OC(C)C(=O)c2ccc(F)c(F)c2)cc1. The number of ketones is 1. The van der Waals surface area contributed by atoms with Crippen molar-refractivity contribution < 1.29 is 27.9 Å². The predicted octanol–water partition coefficient (Wildman–Crippen LogP) is 3.03. The molecule has 7 heteroatoms. The average molecular weight is 361 g/mol. The number of nitrogens with one attached hydrogen (secondary N) is 1. The maximum absolute atomic E-state index is 13.2. The van der Waals surface area contributed by atoms with Crippen LogP contribution in [-0.2, 0) is 16.1 Å². The Bertz CT molecular complexity index is 834. The summed E-state index contributed by atoms with van der Waals surface area (Å²) in [7, 11) is 0. The molecule has 0 radical (unpaired) electrons. The number of hydrogen-bond acceptors (Lipinski definition) is 4. The van der Waals surface area contributed by atoms with Crippen molar-refractivity contribution in [2.75, 3.05) is 0 Å². The second-order valence-electron chi connectivity index (χ2n) is 5.65. The third-order valence-electron chi connectivity index (χ3n) is 3.59. The Kier molecular flexibility index (Phi) is 6.16. The topological polar surface area (TPSA) is 72.5 Å². The maximum Gasteiger partial charge on any atom is 0.338 e. The lowest BCUT2D eigenvalue weighted by Gasteiger charge is -2.13. The van der Waals surface area contributed by atoms with Gasteiger partial charge in [0.05, 0.1) is 5.56 Å². The van der Waals surface area contributed by atoms with E-state index in [9.17, 15) is 23.2 Å². The number of benzene rings is 2. The average Bonchev–Trinajstić information content (AvgIpc) is 2.62. The van der Waals surface area contributed by atoms with Gasteiger partial charge in [0.15, 0.2) is 17.7 Å². The van der Waals surface area contributed by atoms with Crippen LogP contribution in [0.2, 0.25) is 0 Å². The van der Waals surface area contributed by atoms with Gasteiger partial charge < -0.3 is 10.1 Å². The molecule has 0 heterocycles. The van der Waals surface area contributed by atoms with Gasteiger partial charge in [0.25, 0.3) is 0 Å². The van der Waals surface area contributed by atoms with Gasteiger partial charge in [-0.3, -0.25) is 9.59 Å². The van der Waals surface area contributed by atoms with Gasteiger partial charge >= 0.3 is 5.97 Å². The van der Waals surface area contributed by atoms with Gasteiger partial charge in [0.2, 0.25) is 11.7 Å². The van der Waals surface area contributed by atoms with Crippen LogP contribution in [0.3, 0.4) is 0 Å². The van der Waals surface area contributed by atoms with Crippen LogP contribution in [0.1, 0.15) is 40.1 Å². The van der Waals surface area contributed by atoms with Crippen LogP contribution in [-0.4, -0.2) is 23.8 Å². The molecule has 1 N–H and O–H groups in total. The number of carbonyl (C=O) groups excluding carboxylic acids is 3. The smallest absolute Gasteiger partial charge is 0.338 e. The molecule has 0 aliphatic rings. The van der Waals surface area contributed by atoms with Gasteiger partial charge in [0.1, 0.15) is 0 Å². The summed E-state index contributed by atoms with van der Waals surface area (Å²) in [4.78, 5) is 35.2. The van der Waals surface area contributed by atoms with Crippen LogP contribution in [0.15, 0.2) is 42.5 Å². The third kappa shape index (κ3) is 4.95. The number of amides is 1. The minimum absolute atomic E-state index is 0.0881. The van der Waals surface area contributed by atoms with Crippen LogP contribution >= 0.6 is 0 Å². The molecular formula is C19H17F2NO4. The molecule has 0 fully saturated rings.